The summed E-state index contributed by atoms with van der Waals surface area (Å²) in [6.45, 7) is 5.00. The maximum absolute atomic E-state index is 11.1. The number of likely N-dealkylation sites (tertiary alicyclic amines) is 1. The molecule has 1 aromatic rings. The lowest BCUT2D eigenvalue weighted by Crippen LogP contribution is -2.50. The number of rotatable bonds is 3. The number of carbonyl (C=O) groups is 1. The van der Waals surface area contributed by atoms with Crippen molar-refractivity contribution >= 4 is 5.97 Å². The average molecular weight is 302 g/mol. The highest BCUT2D eigenvalue weighted by atomic mass is 16.4. The van der Waals surface area contributed by atoms with Gasteiger partial charge in [-0.15, -0.1) is 0 Å². The molecule has 0 aromatic heterocycles. The fourth-order valence-electron chi connectivity index (χ4n) is 2.40. The van der Waals surface area contributed by atoms with Gasteiger partial charge in [0, 0.05) is 25.2 Å². The molecule has 1 aliphatic heterocycles. The van der Waals surface area contributed by atoms with Crippen molar-refractivity contribution in [3.63, 3.8) is 0 Å². The van der Waals surface area contributed by atoms with Crippen LogP contribution in [0.2, 0.25) is 0 Å². The van der Waals surface area contributed by atoms with Crippen molar-refractivity contribution in [3.8, 4) is 11.8 Å². The van der Waals surface area contributed by atoms with Gasteiger partial charge in [0.1, 0.15) is 11.1 Å². The second kappa shape index (κ2) is 6.09. The third-order valence-electron chi connectivity index (χ3n) is 3.68. The second-order valence-corrected chi connectivity index (χ2v) is 6.43. The number of benzene rings is 1. The molecule has 1 saturated heterocycles. The smallest absolute Gasteiger partial charge is 0.325 e. The molecule has 0 amide bonds. The van der Waals surface area contributed by atoms with Crippen LogP contribution in [-0.4, -0.2) is 45.3 Å². The topological polar surface area (TPSA) is 86.8 Å². The third-order valence-corrected chi connectivity index (χ3v) is 3.68. The van der Waals surface area contributed by atoms with Crippen LogP contribution in [0.4, 0.5) is 0 Å². The third kappa shape index (κ3) is 4.31. The van der Waals surface area contributed by atoms with Gasteiger partial charge in [0.2, 0.25) is 0 Å². The maximum Gasteiger partial charge on any atom is 0.325 e. The first-order chi connectivity index (χ1) is 10.2. The van der Waals surface area contributed by atoms with Crippen molar-refractivity contribution < 1.29 is 15.0 Å². The second-order valence-electron chi connectivity index (χ2n) is 6.43. The number of aliphatic hydroxyl groups is 1. The zero-order chi connectivity index (χ0) is 16.4. The van der Waals surface area contributed by atoms with Crippen molar-refractivity contribution in [2.24, 2.45) is 5.73 Å². The van der Waals surface area contributed by atoms with Gasteiger partial charge in [-0.3, -0.25) is 9.69 Å². The molecule has 1 aromatic carbocycles. The standard InChI is InChI=1S/C17H22N2O3/c1-16(2,22)8-7-13-3-5-14(6-4-13)11-19-10-9-17(18,12-19)15(20)21/h3-6,22H,9-12,18H2,1-2H3,(H,20,21)/t17-/m1/s1. The Balaban J connectivity index is 1.98. The van der Waals surface area contributed by atoms with E-state index in [-0.39, 0.29) is 0 Å². The van der Waals surface area contributed by atoms with E-state index in [9.17, 15) is 9.90 Å². The van der Waals surface area contributed by atoms with Gasteiger partial charge in [0.25, 0.3) is 0 Å². The molecule has 1 aliphatic rings. The molecule has 1 heterocycles. The summed E-state index contributed by atoms with van der Waals surface area (Å²) in [5, 5.41) is 18.7. The van der Waals surface area contributed by atoms with Crippen molar-refractivity contribution in [2.45, 2.75) is 38.0 Å². The number of carboxylic acids is 1. The quantitative estimate of drug-likeness (QED) is 0.719. The molecule has 1 fully saturated rings. The minimum absolute atomic E-state index is 0.364. The van der Waals surface area contributed by atoms with Crippen LogP contribution >= 0.6 is 0 Å². The van der Waals surface area contributed by atoms with E-state index in [4.69, 9.17) is 10.8 Å². The monoisotopic (exact) mass is 302 g/mol. The van der Waals surface area contributed by atoms with E-state index in [1.807, 2.05) is 29.2 Å². The summed E-state index contributed by atoms with van der Waals surface area (Å²) in [5.41, 5.74) is 5.66. The lowest BCUT2D eigenvalue weighted by atomic mass is 10.0. The predicted molar refractivity (Wildman–Crippen MR) is 84.1 cm³/mol. The molecule has 1 atom stereocenters. The molecular formula is C17H22N2O3. The van der Waals surface area contributed by atoms with E-state index >= 15 is 0 Å². The molecule has 118 valence electrons. The number of aliphatic carboxylic acids is 1. The normalized spacial score (nSPS) is 22.2. The van der Waals surface area contributed by atoms with Crippen molar-refractivity contribution in [3.05, 3.63) is 35.4 Å². The van der Waals surface area contributed by atoms with Crippen LogP contribution in [0.1, 0.15) is 31.4 Å². The first-order valence-corrected chi connectivity index (χ1v) is 7.27. The van der Waals surface area contributed by atoms with Gasteiger partial charge in [-0.25, -0.2) is 0 Å². The van der Waals surface area contributed by atoms with E-state index in [1.54, 1.807) is 13.8 Å². The van der Waals surface area contributed by atoms with Gasteiger partial charge in [-0.2, -0.15) is 0 Å². The molecule has 0 spiro atoms. The molecule has 0 radical (unpaired) electrons. The van der Waals surface area contributed by atoms with Gasteiger partial charge < -0.3 is 15.9 Å². The SMILES string of the molecule is CC(C)(O)C#Cc1ccc(CN2CC[C@](N)(C(=O)O)C2)cc1. The Morgan fingerprint density at radius 2 is 2.05 bits per heavy atom. The van der Waals surface area contributed by atoms with E-state index in [1.165, 1.54) is 0 Å². The van der Waals surface area contributed by atoms with Gasteiger partial charge in [-0.1, -0.05) is 24.0 Å². The minimum atomic E-state index is -1.13. The average Bonchev–Trinajstić information content (AvgIpc) is 2.80. The van der Waals surface area contributed by atoms with Crippen LogP contribution in [0.3, 0.4) is 0 Å². The summed E-state index contributed by atoms with van der Waals surface area (Å²) in [6, 6.07) is 7.73. The van der Waals surface area contributed by atoms with Crippen LogP contribution in [-0.2, 0) is 11.3 Å². The minimum Gasteiger partial charge on any atom is -0.480 e. The van der Waals surface area contributed by atoms with E-state index in [2.05, 4.69) is 11.8 Å². The molecule has 5 nitrogen and oxygen atoms in total. The van der Waals surface area contributed by atoms with Crippen LogP contribution in [0.15, 0.2) is 24.3 Å². The van der Waals surface area contributed by atoms with Gasteiger partial charge >= 0.3 is 5.97 Å². The summed E-state index contributed by atoms with van der Waals surface area (Å²) in [6.07, 6.45) is 0.470. The summed E-state index contributed by atoms with van der Waals surface area (Å²) in [5.74, 6) is 4.75. The number of hydrogen-bond acceptors (Lipinski definition) is 4. The molecule has 0 bridgehead atoms. The van der Waals surface area contributed by atoms with Gasteiger partial charge in [-0.05, 0) is 38.0 Å². The molecule has 4 N–H and O–H groups in total. The van der Waals surface area contributed by atoms with Crippen LogP contribution in [0, 0.1) is 11.8 Å². The maximum atomic E-state index is 11.1. The van der Waals surface area contributed by atoms with Crippen LogP contribution < -0.4 is 5.73 Å². The number of carboxylic acid groups (broad SMARTS) is 1. The summed E-state index contributed by atoms with van der Waals surface area (Å²) in [4.78, 5) is 13.2. The lowest BCUT2D eigenvalue weighted by Gasteiger charge is -2.20. The van der Waals surface area contributed by atoms with E-state index in [0.717, 1.165) is 11.1 Å². The first kappa shape index (κ1) is 16.5. The highest BCUT2D eigenvalue weighted by molar-refractivity contribution is 5.79. The highest BCUT2D eigenvalue weighted by Crippen LogP contribution is 2.21. The Kier molecular flexibility index (Phi) is 4.57. The zero-order valence-corrected chi connectivity index (χ0v) is 13.0. The number of nitrogens with zero attached hydrogens (tertiary/aromatic N) is 1. The van der Waals surface area contributed by atoms with Gasteiger partial charge in [0.05, 0.1) is 0 Å². The fraction of sp³-hybridized carbons (Fsp3) is 0.471. The number of nitrogens with two attached hydrogens (primary N) is 1. The van der Waals surface area contributed by atoms with E-state index < -0.39 is 17.1 Å². The Bertz CT molecular complexity index is 608. The molecule has 0 saturated carbocycles. The predicted octanol–water partition coefficient (Wildman–Crippen LogP) is 0.797. The highest BCUT2D eigenvalue weighted by Gasteiger charge is 2.40. The lowest BCUT2D eigenvalue weighted by molar-refractivity contribution is -0.142. The Morgan fingerprint density at radius 1 is 1.41 bits per heavy atom. The molecular weight excluding hydrogens is 280 g/mol. The van der Waals surface area contributed by atoms with Crippen molar-refractivity contribution in [1.82, 2.24) is 4.90 Å². The fourth-order valence-corrected chi connectivity index (χ4v) is 2.40. The van der Waals surface area contributed by atoms with Crippen molar-refractivity contribution in [2.75, 3.05) is 13.1 Å². The molecule has 5 heteroatoms. The summed E-state index contributed by atoms with van der Waals surface area (Å²) < 4.78 is 0. The Hall–Kier alpha value is -1.87. The molecule has 0 unspecified atom stereocenters. The number of hydrogen-bond donors (Lipinski definition) is 3. The van der Waals surface area contributed by atoms with Crippen LogP contribution in [0.25, 0.3) is 0 Å². The Morgan fingerprint density at radius 3 is 2.55 bits per heavy atom. The largest absolute Gasteiger partial charge is 0.480 e. The Labute approximate surface area is 130 Å². The van der Waals surface area contributed by atoms with E-state index in [0.29, 0.717) is 26.1 Å². The van der Waals surface area contributed by atoms with Gasteiger partial charge in [0.15, 0.2) is 0 Å². The molecule has 0 aliphatic carbocycles. The van der Waals surface area contributed by atoms with Crippen LogP contribution in [0.5, 0.6) is 0 Å². The zero-order valence-electron chi connectivity index (χ0n) is 13.0. The molecule has 22 heavy (non-hydrogen) atoms. The first-order valence-electron chi connectivity index (χ1n) is 7.27. The molecule has 2 rings (SSSR count). The summed E-state index contributed by atoms with van der Waals surface area (Å²) >= 11 is 0. The summed E-state index contributed by atoms with van der Waals surface area (Å²) in [7, 11) is 0. The van der Waals surface area contributed by atoms with Crippen molar-refractivity contribution in [1.29, 1.82) is 0 Å².